The number of imidazole rings is 6. The number of pyridine rings is 10. The predicted molar refractivity (Wildman–Crippen MR) is 435 cm³/mol. The molecular weight excluding hydrogens is 1450 g/mol. The van der Waals surface area contributed by atoms with E-state index in [1.54, 1.807) is 24.8 Å². The van der Waals surface area contributed by atoms with Gasteiger partial charge in [0.25, 0.3) is 34.9 Å². The molecule has 0 amide bonds. The standard InChI is InChI=1S/C26H18N5.C21H16N5.C15H12N5.C14H9N4O.C14H9N4S/c1-3-7-19(8-4-1)30-23-16-28-14-12-22(23)24-26(30)29-17-18-15-27-13-11-21(18)25(29)31(24)20-9-5-2-6-10-20;1-24-18-12-23-10-8-17(18)19-21(24)25-13-14-11-22-9-7-16(14)20(25)26(19)15-5-3-2-4-6-15;1-18-13-7-17-5-3-12(13)20-9-19-8-10-6-16-4-2-11(10)14(19)15(18)20;2*1-3-15-5-9-7-17-8-13-18(14(17)10(1)9)11-6-16-4-2-12(11)19-13/h1-16H,17H2;2-12H,13H2,1H3;2-7,9H,8H2,1H3;2*1-6,8H,7H2/q5*+1/i;;1D3;;. The number of aromatic nitrogens is 23. The number of nitrogens with zero attached hydrogens (tertiary/aromatic N) is 23. The summed E-state index contributed by atoms with van der Waals surface area (Å²) < 4.78 is 59.5. The van der Waals surface area contributed by atoms with Gasteiger partial charge in [0, 0.05) is 150 Å². The van der Waals surface area contributed by atoms with Gasteiger partial charge in [-0.25, -0.2) is 36.5 Å². The zero-order valence-corrected chi connectivity index (χ0v) is 62.2. The van der Waals surface area contributed by atoms with E-state index in [1.165, 1.54) is 120 Å². The highest BCUT2D eigenvalue weighted by Crippen LogP contribution is 2.43. The molecule has 20 aromatic heterocycles. The fourth-order valence-electron chi connectivity index (χ4n) is 18.1. The Morgan fingerprint density at radius 1 is 0.374 bits per heavy atom. The fourth-order valence-corrected chi connectivity index (χ4v) is 19.1. The summed E-state index contributed by atoms with van der Waals surface area (Å²) in [5.41, 5.74) is 29.5. The first-order chi connectivity index (χ1) is 58.1. The van der Waals surface area contributed by atoms with Crippen LogP contribution in [0.3, 0.4) is 0 Å². The second-order valence-electron chi connectivity index (χ2n) is 29.1. The van der Waals surface area contributed by atoms with Crippen molar-refractivity contribution in [2.45, 2.75) is 32.7 Å². The Bertz CT molecular complexity index is 7920. The maximum Gasteiger partial charge on any atom is 0.336 e. The monoisotopic (exact) mass is 1520 g/mol. The molecule has 0 saturated carbocycles. The lowest BCUT2D eigenvalue weighted by molar-refractivity contribution is -0.671. The Balaban J connectivity index is 0.0000000852. The Morgan fingerprint density at radius 2 is 0.826 bits per heavy atom. The third-order valence-electron chi connectivity index (χ3n) is 22.9. The summed E-state index contributed by atoms with van der Waals surface area (Å²) in [7, 11) is 2.12. The molecule has 0 aliphatic carbocycles. The van der Waals surface area contributed by atoms with Crippen LogP contribution in [0.1, 0.15) is 31.9 Å². The van der Waals surface area contributed by atoms with Crippen LogP contribution >= 0.6 is 11.3 Å². The first-order valence-electron chi connectivity index (χ1n) is 39.2. The van der Waals surface area contributed by atoms with Crippen LogP contribution in [0.15, 0.2) is 299 Å². The van der Waals surface area contributed by atoms with Gasteiger partial charge in [0.15, 0.2) is 39.4 Å². The van der Waals surface area contributed by atoms with Crippen molar-refractivity contribution in [1.82, 2.24) is 85.9 Å². The summed E-state index contributed by atoms with van der Waals surface area (Å²) in [6.07, 6.45) is 43.4. The number of oxazole rings is 1. The minimum Gasteiger partial charge on any atom is -0.415 e. The molecule has 23 aromatic rings. The van der Waals surface area contributed by atoms with Crippen molar-refractivity contribution in [1.29, 1.82) is 0 Å². The molecule has 0 atom stereocenters. The van der Waals surface area contributed by atoms with Crippen LogP contribution in [0.25, 0.3) is 167 Å². The average Bonchev–Trinajstić information content (AvgIpc) is 1.43. The van der Waals surface area contributed by atoms with E-state index in [0.717, 1.165) is 93.6 Å². The van der Waals surface area contributed by atoms with Crippen molar-refractivity contribution in [3.63, 3.8) is 0 Å². The highest BCUT2D eigenvalue weighted by Gasteiger charge is 2.41. The van der Waals surface area contributed by atoms with Crippen LogP contribution in [0.4, 0.5) is 0 Å². The molecule has 0 radical (unpaired) electrons. The van der Waals surface area contributed by atoms with Gasteiger partial charge in [-0.3, -0.25) is 54.4 Å². The van der Waals surface area contributed by atoms with E-state index in [0.29, 0.717) is 17.7 Å². The molecule has 24 nitrogen and oxygen atoms in total. The number of thiazole rings is 1. The van der Waals surface area contributed by atoms with Crippen molar-refractivity contribution in [2.24, 2.45) is 14.0 Å². The van der Waals surface area contributed by atoms with Crippen LogP contribution in [0, 0.1) is 0 Å². The van der Waals surface area contributed by atoms with E-state index in [1.807, 2.05) is 146 Å². The number of fused-ring (bicyclic) bond motifs is 35. The molecule has 0 fully saturated rings. The van der Waals surface area contributed by atoms with E-state index < -0.39 is 6.98 Å². The molecule has 546 valence electrons. The molecule has 0 unspecified atom stereocenters. The molecule has 25 heterocycles. The Morgan fingerprint density at radius 3 is 1.44 bits per heavy atom. The van der Waals surface area contributed by atoms with E-state index in [4.69, 9.17) is 8.53 Å². The quantitative estimate of drug-likeness (QED) is 0.152. The van der Waals surface area contributed by atoms with Crippen molar-refractivity contribution in [2.75, 3.05) is 0 Å². The fraction of sp³-hybridized carbons (Fsp3) is 0.0778. The first kappa shape index (κ1) is 61.4. The zero-order chi connectivity index (χ0) is 78.2. The van der Waals surface area contributed by atoms with Gasteiger partial charge in [-0.05, 0) is 84.9 Å². The average molecular weight is 1520 g/mol. The van der Waals surface area contributed by atoms with Crippen molar-refractivity contribution in [3.8, 4) is 73.9 Å². The van der Waals surface area contributed by atoms with Crippen LogP contribution in [0.2, 0.25) is 0 Å². The lowest BCUT2D eigenvalue weighted by Crippen LogP contribution is -2.33. The molecule has 115 heavy (non-hydrogen) atoms. The number of hydrogen-bond acceptors (Lipinski definition) is 12. The summed E-state index contributed by atoms with van der Waals surface area (Å²) in [6.45, 7) is 1.81. The van der Waals surface area contributed by atoms with Gasteiger partial charge in [-0.2, -0.15) is 13.2 Å². The molecule has 3 aromatic carbocycles. The maximum atomic E-state index is 7.97. The molecule has 25 heteroatoms. The largest absolute Gasteiger partial charge is 0.415 e. The summed E-state index contributed by atoms with van der Waals surface area (Å²) in [5.74, 6) is 4.79. The molecule has 0 spiro atoms. The predicted octanol–water partition coefficient (Wildman–Crippen LogP) is 13.5. The zero-order valence-electron chi connectivity index (χ0n) is 64.4. The van der Waals surface area contributed by atoms with E-state index in [-0.39, 0.29) is 0 Å². The Hall–Kier alpha value is -15.4. The first-order valence-corrected chi connectivity index (χ1v) is 38.5. The number of rotatable bonds is 3. The molecular formula is C90H64N23OS+5. The van der Waals surface area contributed by atoms with Crippen molar-refractivity contribution >= 4 is 104 Å². The van der Waals surface area contributed by atoms with E-state index >= 15 is 0 Å². The van der Waals surface area contributed by atoms with E-state index in [9.17, 15) is 0 Å². The topological polar surface area (TPSA) is 199 Å². The smallest absolute Gasteiger partial charge is 0.336 e. The minimum atomic E-state index is -2.28. The summed E-state index contributed by atoms with van der Waals surface area (Å²) in [6, 6.07) is 52.1. The summed E-state index contributed by atoms with van der Waals surface area (Å²) in [5, 5.41) is 2.41. The summed E-state index contributed by atoms with van der Waals surface area (Å²) >= 11 is 1.81. The number of benzene rings is 3. The normalized spacial score (nSPS) is 13.3. The van der Waals surface area contributed by atoms with Crippen LogP contribution < -0.4 is 22.8 Å². The van der Waals surface area contributed by atoms with Gasteiger partial charge in [0.1, 0.15) is 59.4 Å². The summed E-state index contributed by atoms with van der Waals surface area (Å²) in [4.78, 5) is 43.9. The molecule has 28 rings (SSSR count). The molecule has 5 aliphatic rings. The maximum absolute atomic E-state index is 7.97. The molecule has 0 bridgehead atoms. The Labute approximate surface area is 660 Å². The SMILES string of the molecule is Cn1c2cnccc2c2c1[n+]1c(n2-c2ccccc2)-c2ccncc2C1.[2H]C([2H])([2H])n1c2cnccc2n2c[n+]3c(c12)-c1ccncc1C3.c1cc2c(cn1)C[n+]1cc3oc4ccncc4n3c1-2.c1cc2c(cn1)C[n+]1cc3sc4ccncc4n3c1-2.c1ccc(-n2c3[n+](c4c2c2ccncc2n4-c2ccccc2)Cc2cnccc2-3)cc1. The van der Waals surface area contributed by atoms with Gasteiger partial charge in [-0.1, -0.05) is 65.9 Å². The molecule has 0 N–H and O–H groups in total. The Kier molecular flexibility index (Phi) is 13.4. The van der Waals surface area contributed by atoms with Crippen LogP contribution in [-0.4, -0.2) is 85.9 Å². The molecule has 5 aliphatic heterocycles. The van der Waals surface area contributed by atoms with Crippen LogP contribution in [-0.2, 0) is 46.7 Å². The van der Waals surface area contributed by atoms with Gasteiger partial charge < -0.3 is 8.98 Å². The third-order valence-corrected chi connectivity index (χ3v) is 23.9. The highest BCUT2D eigenvalue weighted by atomic mass is 32.1. The number of aryl methyl sites for hydroxylation is 2. The minimum absolute atomic E-state index is 0.605. The number of para-hydroxylation sites is 3. The van der Waals surface area contributed by atoms with Gasteiger partial charge in [0.05, 0.1) is 88.8 Å². The molecule has 0 saturated heterocycles. The van der Waals surface area contributed by atoms with Gasteiger partial charge in [0.2, 0.25) is 22.2 Å². The second-order valence-corrected chi connectivity index (χ2v) is 30.1. The lowest BCUT2D eigenvalue weighted by Gasteiger charge is -2.04. The van der Waals surface area contributed by atoms with Crippen LogP contribution in [0.5, 0.6) is 0 Å². The van der Waals surface area contributed by atoms with Crippen molar-refractivity contribution < 1.29 is 31.4 Å². The number of hydrogen-bond donors (Lipinski definition) is 0. The van der Waals surface area contributed by atoms with Crippen molar-refractivity contribution in [3.05, 3.63) is 322 Å². The third kappa shape index (κ3) is 9.54. The van der Waals surface area contributed by atoms with Gasteiger partial charge in [-0.15, -0.1) is 0 Å². The van der Waals surface area contributed by atoms with E-state index in [2.05, 4.69) is 246 Å². The lowest BCUT2D eigenvalue weighted by atomic mass is 10.1. The van der Waals surface area contributed by atoms with Gasteiger partial charge >= 0.3 is 5.71 Å². The highest BCUT2D eigenvalue weighted by molar-refractivity contribution is 7.23. The second kappa shape index (κ2) is 25.1.